The van der Waals surface area contributed by atoms with Gasteiger partial charge in [-0.3, -0.25) is 0 Å². The fourth-order valence-corrected chi connectivity index (χ4v) is 3.64. The molecule has 110 valence electrons. The minimum atomic E-state index is 0.0697. The van der Waals surface area contributed by atoms with E-state index >= 15 is 0 Å². The van der Waals surface area contributed by atoms with Crippen LogP contribution in [-0.2, 0) is 12.8 Å². The molecule has 20 heavy (non-hydrogen) atoms. The molecule has 1 aliphatic carbocycles. The van der Waals surface area contributed by atoms with Crippen LogP contribution >= 0.6 is 0 Å². The van der Waals surface area contributed by atoms with Crippen LogP contribution in [0.25, 0.3) is 0 Å². The predicted octanol–water partition coefficient (Wildman–Crippen LogP) is 3.85. The Morgan fingerprint density at radius 1 is 1.30 bits per heavy atom. The van der Waals surface area contributed by atoms with Gasteiger partial charge in [-0.05, 0) is 55.2 Å². The van der Waals surface area contributed by atoms with Gasteiger partial charge in [-0.15, -0.1) is 0 Å². The molecule has 0 amide bonds. The summed E-state index contributed by atoms with van der Waals surface area (Å²) >= 11 is 0. The molecular formula is C18H27NO. The van der Waals surface area contributed by atoms with Crippen molar-refractivity contribution in [2.45, 2.75) is 63.8 Å². The third-order valence-electron chi connectivity index (χ3n) is 5.17. The highest BCUT2D eigenvalue weighted by molar-refractivity contribution is 5.39. The zero-order valence-electron chi connectivity index (χ0n) is 12.7. The number of aryl methyl sites for hydroxylation is 1. The topological polar surface area (TPSA) is 35.2 Å². The highest BCUT2D eigenvalue weighted by Crippen LogP contribution is 2.32. The standard InChI is InChI=1S/C18H27NO/c1-14-3-2-9-18(19,10-6-14)11-7-15-4-5-17-16(13-15)8-12-20-17/h4-5,13-14H,2-3,6-12,19H2,1H3. The van der Waals surface area contributed by atoms with Crippen LogP contribution in [0.5, 0.6) is 5.75 Å². The van der Waals surface area contributed by atoms with E-state index in [2.05, 4.69) is 25.1 Å². The van der Waals surface area contributed by atoms with Crippen molar-refractivity contribution in [2.75, 3.05) is 6.61 Å². The Morgan fingerprint density at radius 2 is 2.20 bits per heavy atom. The van der Waals surface area contributed by atoms with Gasteiger partial charge in [0.2, 0.25) is 0 Å². The molecule has 2 unspecified atom stereocenters. The fourth-order valence-electron chi connectivity index (χ4n) is 3.64. The Labute approximate surface area is 122 Å². The number of fused-ring (bicyclic) bond motifs is 1. The number of rotatable bonds is 3. The maximum Gasteiger partial charge on any atom is 0.122 e. The Kier molecular flexibility index (Phi) is 4.02. The van der Waals surface area contributed by atoms with Crippen LogP contribution in [0.4, 0.5) is 0 Å². The summed E-state index contributed by atoms with van der Waals surface area (Å²) in [4.78, 5) is 0. The monoisotopic (exact) mass is 273 g/mol. The van der Waals surface area contributed by atoms with Gasteiger partial charge in [0, 0.05) is 12.0 Å². The molecule has 2 aliphatic rings. The van der Waals surface area contributed by atoms with Crippen LogP contribution in [0.3, 0.4) is 0 Å². The maximum atomic E-state index is 6.66. The molecule has 1 fully saturated rings. The average Bonchev–Trinajstić information content (AvgIpc) is 2.84. The third-order valence-corrected chi connectivity index (χ3v) is 5.17. The predicted molar refractivity (Wildman–Crippen MR) is 83.1 cm³/mol. The number of ether oxygens (including phenoxy) is 1. The Morgan fingerprint density at radius 3 is 3.10 bits per heavy atom. The number of hydrogen-bond donors (Lipinski definition) is 1. The van der Waals surface area contributed by atoms with Gasteiger partial charge in [-0.25, -0.2) is 0 Å². The van der Waals surface area contributed by atoms with E-state index in [4.69, 9.17) is 10.5 Å². The minimum absolute atomic E-state index is 0.0697. The van der Waals surface area contributed by atoms with Crippen molar-refractivity contribution in [1.29, 1.82) is 0 Å². The van der Waals surface area contributed by atoms with Crippen LogP contribution in [-0.4, -0.2) is 12.1 Å². The molecule has 2 heteroatoms. The summed E-state index contributed by atoms with van der Waals surface area (Å²) in [7, 11) is 0. The van der Waals surface area contributed by atoms with Gasteiger partial charge >= 0.3 is 0 Å². The second-order valence-corrected chi connectivity index (χ2v) is 6.94. The first-order valence-corrected chi connectivity index (χ1v) is 8.18. The van der Waals surface area contributed by atoms with Crippen molar-refractivity contribution in [2.24, 2.45) is 11.7 Å². The van der Waals surface area contributed by atoms with Crippen molar-refractivity contribution in [3.8, 4) is 5.75 Å². The van der Waals surface area contributed by atoms with Crippen molar-refractivity contribution < 1.29 is 4.74 Å². The summed E-state index contributed by atoms with van der Waals surface area (Å²) in [5.74, 6) is 1.94. The van der Waals surface area contributed by atoms with Crippen molar-refractivity contribution in [1.82, 2.24) is 0 Å². The lowest BCUT2D eigenvalue weighted by Gasteiger charge is -2.28. The summed E-state index contributed by atoms with van der Waals surface area (Å²) in [6.07, 6.45) is 9.65. The van der Waals surface area contributed by atoms with E-state index in [9.17, 15) is 0 Å². The molecular weight excluding hydrogens is 246 g/mol. The normalized spacial score (nSPS) is 29.6. The van der Waals surface area contributed by atoms with E-state index in [0.29, 0.717) is 0 Å². The first kappa shape index (κ1) is 13.9. The zero-order chi connectivity index (χ0) is 14.0. The van der Waals surface area contributed by atoms with Gasteiger partial charge in [-0.2, -0.15) is 0 Å². The molecule has 0 spiro atoms. The fraction of sp³-hybridized carbons (Fsp3) is 0.667. The van der Waals surface area contributed by atoms with Gasteiger partial charge in [0.05, 0.1) is 6.61 Å². The maximum absolute atomic E-state index is 6.66. The van der Waals surface area contributed by atoms with Gasteiger partial charge in [0.15, 0.2) is 0 Å². The van der Waals surface area contributed by atoms with E-state index in [0.717, 1.165) is 37.5 Å². The summed E-state index contributed by atoms with van der Waals surface area (Å²) in [5.41, 5.74) is 9.53. The molecule has 1 saturated carbocycles. The zero-order valence-corrected chi connectivity index (χ0v) is 12.7. The molecule has 2 N–H and O–H groups in total. The van der Waals surface area contributed by atoms with Gasteiger partial charge in [0.25, 0.3) is 0 Å². The molecule has 2 atom stereocenters. The number of benzene rings is 1. The molecule has 1 aromatic carbocycles. The highest BCUT2D eigenvalue weighted by atomic mass is 16.5. The molecule has 1 aliphatic heterocycles. The molecule has 1 aromatic rings. The second kappa shape index (κ2) is 5.77. The van der Waals surface area contributed by atoms with Crippen LogP contribution in [0.1, 0.15) is 56.6 Å². The molecule has 0 bridgehead atoms. The first-order chi connectivity index (χ1) is 9.65. The van der Waals surface area contributed by atoms with Crippen molar-refractivity contribution in [3.63, 3.8) is 0 Å². The Hall–Kier alpha value is -1.02. The van der Waals surface area contributed by atoms with Crippen LogP contribution in [0.2, 0.25) is 0 Å². The van der Waals surface area contributed by atoms with Gasteiger partial charge in [0.1, 0.15) is 5.75 Å². The Balaban J connectivity index is 1.61. The second-order valence-electron chi connectivity index (χ2n) is 6.94. The molecule has 2 nitrogen and oxygen atoms in total. The number of nitrogens with two attached hydrogens (primary N) is 1. The summed E-state index contributed by atoms with van der Waals surface area (Å²) in [6.45, 7) is 3.21. The molecule has 3 rings (SSSR count). The van der Waals surface area contributed by atoms with E-state index in [-0.39, 0.29) is 5.54 Å². The van der Waals surface area contributed by atoms with Gasteiger partial charge in [-0.1, -0.05) is 31.9 Å². The SMILES string of the molecule is CC1CCCC(N)(CCc2ccc3c(c2)CCO3)CC1. The van der Waals surface area contributed by atoms with Crippen LogP contribution in [0, 0.1) is 5.92 Å². The largest absolute Gasteiger partial charge is 0.493 e. The van der Waals surface area contributed by atoms with Crippen molar-refractivity contribution in [3.05, 3.63) is 29.3 Å². The lowest BCUT2D eigenvalue weighted by Crippen LogP contribution is -2.39. The summed E-state index contributed by atoms with van der Waals surface area (Å²) < 4.78 is 5.57. The molecule has 0 saturated heterocycles. The molecule has 1 heterocycles. The van der Waals surface area contributed by atoms with E-state index < -0.39 is 0 Å². The third kappa shape index (κ3) is 3.17. The highest BCUT2D eigenvalue weighted by Gasteiger charge is 2.27. The molecule has 0 radical (unpaired) electrons. The van der Waals surface area contributed by atoms with Crippen molar-refractivity contribution >= 4 is 0 Å². The smallest absolute Gasteiger partial charge is 0.122 e. The van der Waals surface area contributed by atoms with E-state index in [1.807, 2.05) is 0 Å². The first-order valence-electron chi connectivity index (χ1n) is 8.18. The van der Waals surface area contributed by atoms with E-state index in [1.54, 1.807) is 0 Å². The quantitative estimate of drug-likeness (QED) is 0.849. The number of hydrogen-bond acceptors (Lipinski definition) is 2. The summed E-state index contributed by atoms with van der Waals surface area (Å²) in [5, 5.41) is 0. The summed E-state index contributed by atoms with van der Waals surface area (Å²) in [6, 6.07) is 6.67. The van der Waals surface area contributed by atoms with E-state index in [1.165, 1.54) is 43.2 Å². The molecule has 0 aromatic heterocycles. The van der Waals surface area contributed by atoms with Crippen LogP contribution in [0.15, 0.2) is 18.2 Å². The van der Waals surface area contributed by atoms with Gasteiger partial charge < -0.3 is 10.5 Å². The Bertz CT molecular complexity index is 470. The minimum Gasteiger partial charge on any atom is -0.493 e. The lowest BCUT2D eigenvalue weighted by molar-refractivity contribution is 0.341. The lowest BCUT2D eigenvalue weighted by atomic mass is 9.85. The average molecular weight is 273 g/mol. The van der Waals surface area contributed by atoms with Crippen LogP contribution < -0.4 is 10.5 Å².